The van der Waals surface area contributed by atoms with Crippen molar-refractivity contribution in [3.63, 3.8) is 0 Å². The van der Waals surface area contributed by atoms with Gasteiger partial charge < -0.3 is 20.1 Å². The molecule has 2 bridgehead atoms. The lowest BCUT2D eigenvalue weighted by atomic mass is 9.88. The smallest absolute Gasteiger partial charge is 0.407 e. The molecule has 2 aliphatic heterocycles. The van der Waals surface area contributed by atoms with E-state index in [1.54, 1.807) is 16.7 Å². The lowest BCUT2D eigenvalue weighted by molar-refractivity contribution is -0.156. The van der Waals surface area contributed by atoms with Crippen molar-refractivity contribution in [2.75, 3.05) is 18.6 Å². The number of hydrogen-bond donors (Lipinski definition) is 2. The Hall–Kier alpha value is -3.00. The highest BCUT2D eigenvalue weighted by atomic mass is 32.2. The lowest BCUT2D eigenvalue weighted by Gasteiger charge is -2.33. The molecule has 2 aromatic rings. The number of carbonyl (C=O) groups excluding carboxylic acids is 2. The fraction of sp³-hybridized carbons (Fsp3) is 0.444. The Bertz CT molecular complexity index is 1100. The Labute approximate surface area is 209 Å². The maximum atomic E-state index is 13.5. The second kappa shape index (κ2) is 9.57. The van der Waals surface area contributed by atoms with Crippen LogP contribution in [-0.2, 0) is 14.3 Å². The van der Waals surface area contributed by atoms with Gasteiger partial charge >= 0.3 is 12.1 Å². The largest absolute Gasteiger partial charge is 0.479 e. The molecule has 2 fully saturated rings. The number of carboxylic acid groups (broad SMARTS) is 1. The number of nitrogens with one attached hydrogen (secondary N) is 1. The second-order valence-electron chi connectivity index (χ2n) is 9.58. The molecule has 184 valence electrons. The summed E-state index contributed by atoms with van der Waals surface area (Å²) in [5, 5.41) is 12.7. The van der Waals surface area contributed by atoms with E-state index in [0.29, 0.717) is 37.9 Å². The average Bonchev–Trinajstić information content (AvgIpc) is 3.54. The molecule has 0 radical (unpaired) electrons. The van der Waals surface area contributed by atoms with Crippen molar-refractivity contribution in [2.24, 2.45) is 0 Å². The summed E-state index contributed by atoms with van der Waals surface area (Å²) in [7, 11) is 0. The fourth-order valence-electron chi connectivity index (χ4n) is 6.08. The van der Waals surface area contributed by atoms with E-state index in [1.165, 1.54) is 0 Å². The highest BCUT2D eigenvalue weighted by Crippen LogP contribution is 2.47. The van der Waals surface area contributed by atoms with Crippen molar-refractivity contribution in [2.45, 2.75) is 55.6 Å². The van der Waals surface area contributed by atoms with Crippen LogP contribution in [0.15, 0.2) is 48.5 Å². The average molecular weight is 495 g/mol. The molecule has 2 heterocycles. The van der Waals surface area contributed by atoms with Crippen molar-refractivity contribution in [3.8, 4) is 11.1 Å². The Morgan fingerprint density at radius 1 is 1.09 bits per heavy atom. The molecule has 7 nitrogen and oxygen atoms in total. The number of hydrogen-bond acceptors (Lipinski definition) is 5. The van der Waals surface area contributed by atoms with Gasteiger partial charge in [0.15, 0.2) is 0 Å². The zero-order chi connectivity index (χ0) is 24.6. The van der Waals surface area contributed by atoms with Crippen LogP contribution >= 0.6 is 11.8 Å². The van der Waals surface area contributed by atoms with Crippen molar-refractivity contribution in [3.05, 3.63) is 59.7 Å². The van der Waals surface area contributed by atoms with Gasteiger partial charge in [-0.15, -0.1) is 0 Å². The van der Waals surface area contributed by atoms with Gasteiger partial charge in [0.2, 0.25) is 5.91 Å². The van der Waals surface area contributed by atoms with E-state index >= 15 is 0 Å². The van der Waals surface area contributed by atoms with E-state index < -0.39 is 23.6 Å². The maximum Gasteiger partial charge on any atom is 0.407 e. The molecule has 1 unspecified atom stereocenters. The summed E-state index contributed by atoms with van der Waals surface area (Å²) in [6.07, 6.45) is 4.03. The number of fused-ring (bicyclic) bond motifs is 5. The predicted octanol–water partition coefficient (Wildman–Crippen LogP) is 4.26. The van der Waals surface area contributed by atoms with Crippen molar-refractivity contribution in [1.29, 1.82) is 0 Å². The molecule has 2 N–H and O–H groups in total. The normalized spacial score (nSPS) is 23.0. The Morgan fingerprint density at radius 2 is 1.69 bits per heavy atom. The summed E-state index contributed by atoms with van der Waals surface area (Å²) in [5.41, 5.74) is 3.40. The summed E-state index contributed by atoms with van der Waals surface area (Å²) in [6, 6.07) is 15.4. The zero-order valence-electron chi connectivity index (χ0n) is 19.7. The number of aliphatic carboxylic acids is 1. The molecule has 3 aliphatic rings. The van der Waals surface area contributed by atoms with Crippen molar-refractivity contribution < 1.29 is 24.2 Å². The molecule has 1 aliphatic carbocycles. The van der Waals surface area contributed by atoms with Crippen LogP contribution in [0.3, 0.4) is 0 Å². The lowest BCUT2D eigenvalue weighted by Crippen LogP contribution is -2.57. The van der Waals surface area contributed by atoms with Gasteiger partial charge in [0.25, 0.3) is 0 Å². The number of carbonyl (C=O) groups is 3. The molecule has 8 heteroatoms. The molecular formula is C27H30N2O5S. The van der Waals surface area contributed by atoms with E-state index in [2.05, 4.69) is 29.6 Å². The van der Waals surface area contributed by atoms with E-state index in [1.807, 2.05) is 30.5 Å². The monoisotopic (exact) mass is 494 g/mol. The molecule has 5 rings (SSSR count). The van der Waals surface area contributed by atoms with Crippen LogP contribution in [-0.4, -0.2) is 64.2 Å². The third kappa shape index (κ3) is 4.07. The predicted molar refractivity (Wildman–Crippen MR) is 134 cm³/mol. The minimum absolute atomic E-state index is 0.0697. The third-order valence-electron chi connectivity index (χ3n) is 7.79. The van der Waals surface area contributed by atoms with Crippen LogP contribution in [0.4, 0.5) is 4.79 Å². The molecular weight excluding hydrogens is 464 g/mol. The van der Waals surface area contributed by atoms with Crippen molar-refractivity contribution in [1.82, 2.24) is 10.2 Å². The van der Waals surface area contributed by atoms with E-state index in [9.17, 15) is 19.5 Å². The minimum atomic E-state index is -1.14. The molecule has 2 saturated heterocycles. The Morgan fingerprint density at radius 3 is 2.26 bits per heavy atom. The van der Waals surface area contributed by atoms with Gasteiger partial charge in [-0.25, -0.2) is 9.59 Å². The highest BCUT2D eigenvalue weighted by molar-refractivity contribution is 7.98. The summed E-state index contributed by atoms with van der Waals surface area (Å²) in [4.78, 5) is 40.1. The summed E-state index contributed by atoms with van der Waals surface area (Å²) < 4.78 is 5.66. The molecule has 0 saturated carbocycles. The molecule has 0 aromatic heterocycles. The van der Waals surface area contributed by atoms with E-state index in [-0.39, 0.29) is 24.5 Å². The molecule has 35 heavy (non-hydrogen) atoms. The van der Waals surface area contributed by atoms with Crippen LogP contribution in [0.1, 0.15) is 49.1 Å². The van der Waals surface area contributed by atoms with E-state index in [0.717, 1.165) is 22.3 Å². The van der Waals surface area contributed by atoms with Crippen LogP contribution in [0.5, 0.6) is 0 Å². The van der Waals surface area contributed by atoms with Crippen molar-refractivity contribution >= 4 is 29.7 Å². The van der Waals surface area contributed by atoms with Gasteiger partial charge in [0.1, 0.15) is 18.2 Å². The zero-order valence-corrected chi connectivity index (χ0v) is 20.6. The van der Waals surface area contributed by atoms with Crippen LogP contribution in [0.2, 0.25) is 0 Å². The highest BCUT2D eigenvalue weighted by Gasteiger charge is 2.59. The topological polar surface area (TPSA) is 95.9 Å². The minimum Gasteiger partial charge on any atom is -0.479 e. The first kappa shape index (κ1) is 23.7. The van der Waals surface area contributed by atoms with Crippen LogP contribution in [0, 0.1) is 0 Å². The van der Waals surface area contributed by atoms with Gasteiger partial charge in [-0.3, -0.25) is 4.79 Å². The van der Waals surface area contributed by atoms with Gasteiger partial charge in [-0.1, -0.05) is 48.5 Å². The van der Waals surface area contributed by atoms with Crippen LogP contribution in [0.25, 0.3) is 11.1 Å². The third-order valence-corrected chi connectivity index (χ3v) is 8.43. The van der Waals surface area contributed by atoms with Crippen LogP contribution < -0.4 is 5.32 Å². The number of rotatable bonds is 8. The summed E-state index contributed by atoms with van der Waals surface area (Å²) in [5.74, 6) is -0.665. The maximum absolute atomic E-state index is 13.5. The quantitative estimate of drug-likeness (QED) is 0.570. The second-order valence-corrected chi connectivity index (χ2v) is 10.6. The van der Waals surface area contributed by atoms with Gasteiger partial charge in [0, 0.05) is 12.0 Å². The molecule has 1 atom stereocenters. The summed E-state index contributed by atoms with van der Waals surface area (Å²) in [6.45, 7) is 0.161. The van der Waals surface area contributed by atoms with Gasteiger partial charge in [-0.05, 0) is 66.4 Å². The molecule has 2 amide bonds. The first-order valence-electron chi connectivity index (χ1n) is 12.1. The molecule has 0 spiro atoms. The number of amides is 2. The standard InChI is InChI=1S/C27H30N2O5S/c1-35-15-12-23(24(30)29-17-10-13-27(29,14-11-17)25(31)32)28-26(33)34-16-22-20-8-4-2-6-18(20)19-7-3-5-9-21(19)22/h2-9,17,22-23H,10-16H2,1H3,(H,28,33)(H,31,32). The summed E-state index contributed by atoms with van der Waals surface area (Å²) >= 11 is 1.58. The number of nitrogens with zero attached hydrogens (tertiary/aromatic N) is 1. The first-order chi connectivity index (χ1) is 17.0. The Balaban J connectivity index is 1.29. The number of thioether (sulfide) groups is 1. The number of carboxylic acids is 1. The number of benzene rings is 2. The fourth-order valence-corrected chi connectivity index (χ4v) is 6.55. The number of ether oxygens (including phenoxy) is 1. The van der Waals surface area contributed by atoms with E-state index in [4.69, 9.17) is 4.74 Å². The number of alkyl carbamates (subject to hydrolysis) is 1. The van der Waals surface area contributed by atoms with Gasteiger partial charge in [-0.2, -0.15) is 11.8 Å². The SMILES string of the molecule is CSCCC(NC(=O)OCC1c2ccccc2-c2ccccc21)C(=O)N1C2CCC1(C(=O)O)CC2. The first-order valence-corrected chi connectivity index (χ1v) is 13.5. The van der Waals surface area contributed by atoms with Gasteiger partial charge in [0.05, 0.1) is 0 Å². The molecule has 2 aromatic carbocycles. The Kier molecular flexibility index (Phi) is 6.49.